The van der Waals surface area contributed by atoms with Gasteiger partial charge in [0.2, 0.25) is 0 Å². The third-order valence-corrected chi connectivity index (χ3v) is 29.6. The van der Waals surface area contributed by atoms with E-state index in [4.69, 9.17) is 17.2 Å². The summed E-state index contributed by atoms with van der Waals surface area (Å²) in [5.74, 6) is 0. The molecule has 2 unspecified atom stereocenters. The summed E-state index contributed by atoms with van der Waals surface area (Å²) >= 11 is -5.08. The fraction of sp³-hybridized carbons (Fsp3) is 0.152. The van der Waals surface area contributed by atoms with Crippen molar-refractivity contribution in [2.24, 2.45) is 0 Å². The Morgan fingerprint density at radius 3 is 1.81 bits per heavy atom. The van der Waals surface area contributed by atoms with Gasteiger partial charge >= 0.3 is 252 Å². The molecule has 0 bridgehead atoms. The van der Waals surface area contributed by atoms with Gasteiger partial charge in [0.05, 0.1) is 0 Å². The van der Waals surface area contributed by atoms with Gasteiger partial charge in [-0.1, -0.05) is 0 Å². The Morgan fingerprint density at radius 1 is 0.643 bits per heavy atom. The van der Waals surface area contributed by atoms with Crippen LogP contribution in [0.5, 0.6) is 0 Å². The van der Waals surface area contributed by atoms with Crippen LogP contribution in [0.1, 0.15) is 55.1 Å². The van der Waals surface area contributed by atoms with Crippen molar-refractivity contribution in [2.75, 3.05) is 0 Å². The molecule has 0 amide bonds. The van der Waals surface area contributed by atoms with Crippen LogP contribution in [0.15, 0.2) is 97.1 Å². The van der Waals surface area contributed by atoms with Gasteiger partial charge in [0, 0.05) is 0 Å². The summed E-state index contributed by atoms with van der Waals surface area (Å²) in [4.78, 5) is 0. The van der Waals surface area contributed by atoms with E-state index in [9.17, 15) is 26.3 Å². The van der Waals surface area contributed by atoms with E-state index in [1.807, 2.05) is 66.7 Å². The zero-order chi connectivity index (χ0) is 30.1. The van der Waals surface area contributed by atoms with E-state index >= 15 is 0 Å². The number of halogens is 8. The Balaban J connectivity index is 1.61. The summed E-state index contributed by atoms with van der Waals surface area (Å²) in [6.07, 6.45) is -6.30. The topological polar surface area (TPSA) is 0 Å². The molecular weight excluding hydrogens is 760 g/mol. The van der Waals surface area contributed by atoms with Crippen molar-refractivity contribution in [2.45, 2.75) is 26.1 Å². The quantitative estimate of drug-likeness (QED) is 0.143. The van der Waals surface area contributed by atoms with Crippen molar-refractivity contribution >= 4 is 40.5 Å². The van der Waals surface area contributed by atoms with Crippen molar-refractivity contribution < 1.29 is 43.9 Å². The summed E-state index contributed by atoms with van der Waals surface area (Å²) < 4.78 is 81.9. The number of allylic oxidation sites excluding steroid dienone is 2. The summed E-state index contributed by atoms with van der Waals surface area (Å²) in [7, 11) is 15.5. The second-order valence-electron chi connectivity index (χ2n) is 10.7. The molecule has 4 aromatic carbocycles. The average molecular weight is 782 g/mol. The van der Waals surface area contributed by atoms with Gasteiger partial charge < -0.3 is 0 Å². The fourth-order valence-electron chi connectivity index (χ4n) is 6.25. The first-order valence-corrected chi connectivity index (χ1v) is 25.9. The molecule has 42 heavy (non-hydrogen) atoms. The van der Waals surface area contributed by atoms with Gasteiger partial charge in [0.15, 0.2) is 0 Å². The number of hydrogen-bond acceptors (Lipinski definition) is 0. The Labute approximate surface area is 250 Å². The van der Waals surface area contributed by atoms with Gasteiger partial charge in [-0.3, -0.25) is 0 Å². The summed E-state index contributed by atoms with van der Waals surface area (Å²) in [6, 6.07) is 26.2. The predicted molar refractivity (Wildman–Crippen MR) is 153 cm³/mol. The molecule has 0 heterocycles. The van der Waals surface area contributed by atoms with Crippen LogP contribution in [0.2, 0.25) is 0 Å². The molecule has 0 saturated heterocycles. The first-order chi connectivity index (χ1) is 19.7. The normalized spacial score (nSPS) is 20.2. The molecule has 0 aliphatic heterocycles. The van der Waals surface area contributed by atoms with E-state index in [1.165, 1.54) is 0 Å². The monoisotopic (exact) mass is 782 g/mol. The zero-order valence-electron chi connectivity index (χ0n) is 22.0. The van der Waals surface area contributed by atoms with Gasteiger partial charge in [-0.25, -0.2) is 0 Å². The van der Waals surface area contributed by atoms with Crippen molar-refractivity contribution in [3.05, 3.63) is 142 Å². The SMILES string of the molecule is C[C]1([Hf]([Cl])([Cl])[CH]2C(c3ccccc3)=Cc3ccccc32)C(c2cc(C(F)(F)F)cc(C(F)(F)F)c2)=Cc2ccccc21. The minimum absolute atomic E-state index is 0.145. The molecule has 2 aliphatic carbocycles. The summed E-state index contributed by atoms with van der Waals surface area (Å²) in [5, 5.41) is 0. The van der Waals surface area contributed by atoms with Gasteiger partial charge in [-0.05, 0) is 0 Å². The zero-order valence-corrected chi connectivity index (χ0v) is 27.1. The molecule has 0 nitrogen and oxygen atoms in total. The van der Waals surface area contributed by atoms with Crippen molar-refractivity contribution in [1.29, 1.82) is 0 Å². The van der Waals surface area contributed by atoms with Crippen LogP contribution in [-0.2, 0) is 33.1 Å². The van der Waals surface area contributed by atoms with Gasteiger partial charge in [-0.15, -0.1) is 0 Å². The molecule has 214 valence electrons. The van der Waals surface area contributed by atoms with Crippen LogP contribution >= 0.6 is 17.2 Å². The first kappa shape index (κ1) is 29.5. The molecular formula is C33H22Cl2F6Hf. The Hall–Kier alpha value is -2.61. The molecule has 2 atom stereocenters. The Morgan fingerprint density at radius 2 is 1.19 bits per heavy atom. The third kappa shape index (κ3) is 4.72. The van der Waals surface area contributed by atoms with E-state index in [0.717, 1.165) is 34.4 Å². The number of fused-ring (bicyclic) bond motifs is 2. The molecule has 0 aromatic heterocycles. The second kappa shape index (κ2) is 10.2. The average Bonchev–Trinajstić information content (AvgIpc) is 3.50. The van der Waals surface area contributed by atoms with E-state index in [0.29, 0.717) is 11.1 Å². The molecule has 0 fully saturated rings. The molecule has 2 aliphatic rings. The van der Waals surface area contributed by atoms with Crippen molar-refractivity contribution in [3.8, 4) is 0 Å². The van der Waals surface area contributed by atoms with Crippen LogP contribution in [0.25, 0.3) is 23.3 Å². The van der Waals surface area contributed by atoms with Crippen LogP contribution in [-0.4, -0.2) is 0 Å². The number of benzene rings is 4. The van der Waals surface area contributed by atoms with E-state index in [1.54, 1.807) is 31.2 Å². The minimum atomic E-state index is -5.08. The molecule has 0 spiro atoms. The Bertz CT molecular complexity index is 1720. The first-order valence-electron chi connectivity index (χ1n) is 13.1. The molecule has 6 rings (SSSR count). The molecule has 0 N–H and O–H groups in total. The molecule has 0 saturated carbocycles. The maximum atomic E-state index is 13.9. The summed E-state index contributed by atoms with van der Waals surface area (Å²) in [6.45, 7) is 1.79. The number of rotatable bonds is 4. The summed E-state index contributed by atoms with van der Waals surface area (Å²) in [5.41, 5.74) is 2.33. The fourth-order valence-corrected chi connectivity index (χ4v) is 24.3. The predicted octanol–water partition coefficient (Wildman–Crippen LogP) is 11.3. The van der Waals surface area contributed by atoms with Crippen LogP contribution in [0.4, 0.5) is 26.3 Å². The van der Waals surface area contributed by atoms with Gasteiger partial charge in [0.25, 0.3) is 0 Å². The van der Waals surface area contributed by atoms with Crippen molar-refractivity contribution in [1.82, 2.24) is 0 Å². The van der Waals surface area contributed by atoms with E-state index < -0.39 is 47.9 Å². The third-order valence-electron chi connectivity index (χ3n) is 8.30. The standard InChI is InChI=1S/C18H11F6.C15H11.2ClH.Hf/c1-10-15-5-3-2-4-11(15)8-16(10)12-6-13(17(19,20)21)9-14(7-12)18(22,23)24;1-2-6-12(7-3-1)15-10-13-8-4-5-9-14(13)11-15;;;/h2-9H,1H3;1-11H;2*1H;/q;;;;+2/p-2. The number of alkyl halides is 6. The Kier molecular flexibility index (Phi) is 7.18. The van der Waals surface area contributed by atoms with Gasteiger partial charge in [-0.2, -0.15) is 0 Å². The van der Waals surface area contributed by atoms with Crippen molar-refractivity contribution in [3.63, 3.8) is 0 Å². The van der Waals surface area contributed by atoms with Crippen LogP contribution in [0, 0.1) is 0 Å². The van der Waals surface area contributed by atoms with Crippen LogP contribution < -0.4 is 0 Å². The second-order valence-corrected chi connectivity index (χ2v) is 32.2. The molecule has 4 aromatic rings. The van der Waals surface area contributed by atoms with Crippen LogP contribution in [0.3, 0.4) is 0 Å². The van der Waals surface area contributed by atoms with Gasteiger partial charge in [0.1, 0.15) is 0 Å². The van der Waals surface area contributed by atoms with E-state index in [2.05, 4.69) is 0 Å². The van der Waals surface area contributed by atoms with E-state index in [-0.39, 0.29) is 17.2 Å². The number of hydrogen-bond donors (Lipinski definition) is 0. The maximum absolute atomic E-state index is 13.9. The molecule has 0 radical (unpaired) electrons. The molecule has 9 heteroatoms.